The van der Waals surface area contributed by atoms with Gasteiger partial charge >= 0.3 is 0 Å². The van der Waals surface area contributed by atoms with Gasteiger partial charge in [0.1, 0.15) is 10.7 Å². The van der Waals surface area contributed by atoms with Crippen LogP contribution in [0.25, 0.3) is 10.9 Å². The Morgan fingerprint density at radius 3 is 2.43 bits per heavy atom. The Morgan fingerprint density at radius 2 is 1.75 bits per heavy atom. The Morgan fingerprint density at radius 1 is 1.07 bits per heavy atom. The Balaban J connectivity index is 1.95. The molecule has 0 amide bonds. The average Bonchev–Trinajstić information content (AvgIpc) is 2.68. The molecule has 2 aromatic carbocycles. The van der Waals surface area contributed by atoms with Gasteiger partial charge in [0, 0.05) is 24.7 Å². The summed E-state index contributed by atoms with van der Waals surface area (Å²) in [6.45, 7) is 5.60. The van der Waals surface area contributed by atoms with Gasteiger partial charge in [-0.05, 0) is 56.0 Å². The number of hydrogen-bond donors (Lipinski definition) is 0. The maximum atomic E-state index is 14.0. The molecule has 28 heavy (non-hydrogen) atoms. The second kappa shape index (κ2) is 7.17. The van der Waals surface area contributed by atoms with Crippen LogP contribution in [0.15, 0.2) is 58.5 Å². The van der Waals surface area contributed by atoms with Crippen molar-refractivity contribution in [3.8, 4) is 0 Å². The minimum Gasteiger partial charge on any atom is -0.370 e. The van der Waals surface area contributed by atoms with E-state index in [1.54, 1.807) is 30.3 Å². The zero-order valence-electron chi connectivity index (χ0n) is 16.0. The lowest BCUT2D eigenvalue weighted by atomic mass is 9.98. The van der Waals surface area contributed by atoms with E-state index in [1.165, 1.54) is 18.3 Å². The number of aryl methyl sites for hydroxylation is 1. The van der Waals surface area contributed by atoms with Gasteiger partial charge in [0.05, 0.1) is 16.1 Å². The first kappa shape index (κ1) is 18.9. The van der Waals surface area contributed by atoms with Crippen LogP contribution in [0, 0.1) is 18.7 Å². The number of halogens is 1. The summed E-state index contributed by atoms with van der Waals surface area (Å²) >= 11 is 0. The number of rotatable bonds is 3. The highest BCUT2D eigenvalue weighted by Gasteiger charge is 2.28. The molecule has 0 N–H and O–H groups in total. The molecule has 0 saturated carbocycles. The van der Waals surface area contributed by atoms with E-state index in [0.717, 1.165) is 31.5 Å². The molecule has 0 radical (unpaired) electrons. The molecule has 1 saturated heterocycles. The first-order valence-electron chi connectivity index (χ1n) is 9.51. The van der Waals surface area contributed by atoms with Crippen molar-refractivity contribution >= 4 is 26.4 Å². The number of sulfone groups is 1. The molecule has 0 spiro atoms. The van der Waals surface area contributed by atoms with Gasteiger partial charge < -0.3 is 4.90 Å². The third kappa shape index (κ3) is 3.37. The van der Waals surface area contributed by atoms with Crippen LogP contribution < -0.4 is 4.90 Å². The highest BCUT2D eigenvalue weighted by molar-refractivity contribution is 7.91. The topological polar surface area (TPSA) is 50.3 Å². The number of anilines is 1. The van der Waals surface area contributed by atoms with Crippen molar-refractivity contribution in [2.24, 2.45) is 5.92 Å². The minimum absolute atomic E-state index is 0.143. The molecule has 3 aromatic rings. The van der Waals surface area contributed by atoms with Gasteiger partial charge in [-0.3, -0.25) is 4.98 Å². The van der Waals surface area contributed by atoms with Crippen molar-refractivity contribution < 1.29 is 12.8 Å². The van der Waals surface area contributed by atoms with Crippen LogP contribution in [0.1, 0.15) is 25.3 Å². The second-order valence-corrected chi connectivity index (χ2v) is 9.54. The molecule has 6 heteroatoms. The number of hydrogen-bond acceptors (Lipinski definition) is 4. The van der Waals surface area contributed by atoms with Crippen LogP contribution in [0.3, 0.4) is 0 Å². The molecule has 1 aliphatic heterocycles. The third-order valence-electron chi connectivity index (χ3n) is 5.49. The molecule has 0 unspecified atom stereocenters. The molecule has 146 valence electrons. The first-order chi connectivity index (χ1) is 13.4. The highest BCUT2D eigenvalue weighted by Crippen LogP contribution is 2.37. The van der Waals surface area contributed by atoms with Crippen LogP contribution in [-0.2, 0) is 9.84 Å². The number of pyridine rings is 1. The number of piperidine rings is 1. The summed E-state index contributed by atoms with van der Waals surface area (Å²) in [6.07, 6.45) is 3.37. The normalized spacial score (nSPS) is 15.9. The smallest absolute Gasteiger partial charge is 0.210 e. The molecule has 1 aliphatic rings. The molecule has 4 rings (SSSR count). The Bertz CT molecular complexity index is 1120. The van der Waals surface area contributed by atoms with Crippen molar-refractivity contribution in [2.45, 2.75) is 36.5 Å². The highest BCUT2D eigenvalue weighted by atomic mass is 32.2. The number of fused-ring (bicyclic) bond motifs is 1. The van der Waals surface area contributed by atoms with Gasteiger partial charge in [0.2, 0.25) is 9.84 Å². The van der Waals surface area contributed by atoms with Crippen LogP contribution in [0.5, 0.6) is 0 Å². The lowest BCUT2D eigenvalue weighted by Gasteiger charge is -2.34. The largest absolute Gasteiger partial charge is 0.370 e. The van der Waals surface area contributed by atoms with E-state index in [0.29, 0.717) is 22.5 Å². The summed E-state index contributed by atoms with van der Waals surface area (Å²) < 4.78 is 40.9. The van der Waals surface area contributed by atoms with E-state index in [1.807, 2.05) is 6.92 Å². The van der Waals surface area contributed by atoms with Crippen LogP contribution in [0.2, 0.25) is 0 Å². The number of benzene rings is 2. The quantitative estimate of drug-likeness (QED) is 0.639. The summed E-state index contributed by atoms with van der Waals surface area (Å²) in [4.78, 5) is 6.77. The van der Waals surface area contributed by atoms with Gasteiger partial charge in [-0.2, -0.15) is 0 Å². The molecule has 0 atom stereocenters. The zero-order valence-corrected chi connectivity index (χ0v) is 16.8. The van der Waals surface area contributed by atoms with E-state index in [9.17, 15) is 12.8 Å². The van der Waals surface area contributed by atoms with Crippen molar-refractivity contribution in [2.75, 3.05) is 18.0 Å². The lowest BCUT2D eigenvalue weighted by Crippen LogP contribution is -2.34. The van der Waals surface area contributed by atoms with E-state index in [-0.39, 0.29) is 9.79 Å². The fourth-order valence-electron chi connectivity index (χ4n) is 3.73. The summed E-state index contributed by atoms with van der Waals surface area (Å²) in [5.41, 5.74) is 2.15. The van der Waals surface area contributed by atoms with Crippen LogP contribution in [-0.4, -0.2) is 26.5 Å². The minimum atomic E-state index is -3.78. The fraction of sp³-hybridized carbons (Fsp3) is 0.318. The van der Waals surface area contributed by atoms with E-state index < -0.39 is 15.7 Å². The monoisotopic (exact) mass is 398 g/mol. The summed E-state index contributed by atoms with van der Waals surface area (Å²) in [5.74, 6) is 0.198. The molecule has 4 nitrogen and oxygen atoms in total. The fourth-order valence-corrected chi connectivity index (χ4v) is 5.17. The standard InChI is InChI=1S/C22H23FN2O2S/c1-15-3-6-18(7-4-15)28(26,27)21-14-24-20-8-5-17(23)13-19(20)22(21)25-11-9-16(2)10-12-25/h3-8,13-14,16H,9-12H2,1-2H3. The van der Waals surface area contributed by atoms with Gasteiger partial charge in [0.15, 0.2) is 0 Å². The van der Waals surface area contributed by atoms with Crippen molar-refractivity contribution in [1.29, 1.82) is 0 Å². The summed E-state index contributed by atoms with van der Waals surface area (Å²) in [7, 11) is -3.78. The Kier molecular flexibility index (Phi) is 4.83. The molecule has 0 bridgehead atoms. The lowest BCUT2D eigenvalue weighted by molar-refractivity contribution is 0.437. The maximum absolute atomic E-state index is 14.0. The van der Waals surface area contributed by atoms with Crippen LogP contribution in [0.4, 0.5) is 10.1 Å². The van der Waals surface area contributed by atoms with Crippen molar-refractivity contribution in [1.82, 2.24) is 4.98 Å². The average molecular weight is 399 g/mol. The Hall–Kier alpha value is -2.47. The molecule has 1 fully saturated rings. The van der Waals surface area contributed by atoms with Gasteiger partial charge in [0.25, 0.3) is 0 Å². The summed E-state index contributed by atoms with van der Waals surface area (Å²) in [6, 6.07) is 11.1. The molecule has 0 aliphatic carbocycles. The van der Waals surface area contributed by atoms with Crippen molar-refractivity contribution in [3.05, 3.63) is 60.0 Å². The zero-order chi connectivity index (χ0) is 19.9. The van der Waals surface area contributed by atoms with Gasteiger partial charge in [-0.1, -0.05) is 24.6 Å². The number of aromatic nitrogens is 1. The second-order valence-electron chi connectivity index (χ2n) is 7.62. The molecular weight excluding hydrogens is 375 g/mol. The van der Waals surface area contributed by atoms with Gasteiger partial charge in [-0.25, -0.2) is 12.8 Å². The van der Waals surface area contributed by atoms with Gasteiger partial charge in [-0.15, -0.1) is 0 Å². The SMILES string of the molecule is Cc1ccc(S(=O)(=O)c2cnc3ccc(F)cc3c2N2CCC(C)CC2)cc1. The van der Waals surface area contributed by atoms with E-state index in [4.69, 9.17) is 0 Å². The third-order valence-corrected chi connectivity index (χ3v) is 7.26. The predicted molar refractivity (Wildman–Crippen MR) is 109 cm³/mol. The van der Waals surface area contributed by atoms with E-state index >= 15 is 0 Å². The molecule has 1 aromatic heterocycles. The Labute approximate surface area is 164 Å². The van der Waals surface area contributed by atoms with Crippen molar-refractivity contribution in [3.63, 3.8) is 0 Å². The van der Waals surface area contributed by atoms with E-state index in [2.05, 4.69) is 16.8 Å². The molecule has 2 heterocycles. The maximum Gasteiger partial charge on any atom is 0.210 e. The predicted octanol–water partition coefficient (Wildman–Crippen LogP) is 4.75. The summed E-state index contributed by atoms with van der Waals surface area (Å²) in [5, 5.41) is 0.544. The first-order valence-corrected chi connectivity index (χ1v) is 11.0. The number of nitrogens with zero attached hydrogens (tertiary/aromatic N) is 2. The molecular formula is C22H23FN2O2S. The van der Waals surface area contributed by atoms with Crippen LogP contribution >= 0.6 is 0 Å².